The van der Waals surface area contributed by atoms with Crippen LogP contribution in [-0.2, 0) is 4.79 Å². The van der Waals surface area contributed by atoms with E-state index in [1.54, 1.807) is 24.3 Å². The maximum atomic E-state index is 12.0. The van der Waals surface area contributed by atoms with Gasteiger partial charge in [0.1, 0.15) is 5.76 Å². The summed E-state index contributed by atoms with van der Waals surface area (Å²) in [6.45, 7) is 3.12. The van der Waals surface area contributed by atoms with Gasteiger partial charge in [0.25, 0.3) is 0 Å². The molecule has 0 saturated carbocycles. The second-order valence-electron chi connectivity index (χ2n) is 4.91. The summed E-state index contributed by atoms with van der Waals surface area (Å²) in [5.41, 5.74) is 0.900. The van der Waals surface area contributed by atoms with Crippen molar-refractivity contribution in [1.82, 2.24) is 5.32 Å². The van der Waals surface area contributed by atoms with Crippen LogP contribution in [0.4, 0.5) is 0 Å². The normalized spacial score (nSPS) is 14.7. The first-order valence-corrected chi connectivity index (χ1v) is 6.98. The first-order chi connectivity index (χ1) is 9.66. The van der Waals surface area contributed by atoms with Gasteiger partial charge in [0.05, 0.1) is 5.57 Å². The Balaban J connectivity index is 2.15. The lowest BCUT2D eigenvalue weighted by Gasteiger charge is -2.18. The Kier molecular flexibility index (Phi) is 4.69. The van der Waals surface area contributed by atoms with E-state index >= 15 is 0 Å². The van der Waals surface area contributed by atoms with Crippen LogP contribution < -0.4 is 5.32 Å². The van der Waals surface area contributed by atoms with Gasteiger partial charge in [-0.25, -0.2) is 0 Å². The highest BCUT2D eigenvalue weighted by Gasteiger charge is 2.31. The van der Waals surface area contributed by atoms with Gasteiger partial charge in [0.15, 0.2) is 0 Å². The molecule has 4 heteroatoms. The lowest BCUT2D eigenvalue weighted by molar-refractivity contribution is -0.112. The standard InChI is InChI=1S/C16H19NO3/c1-2-3-6-9-17-10-13-14(18)11-7-4-5-8-12(11)15(19)16(13)20/h4-5,7-8,17-18H,2-3,6,9-10H2,1H3. The number of rotatable bonds is 6. The average molecular weight is 273 g/mol. The molecule has 0 heterocycles. The van der Waals surface area contributed by atoms with Crippen molar-refractivity contribution in [2.24, 2.45) is 0 Å². The van der Waals surface area contributed by atoms with Crippen LogP contribution in [0.25, 0.3) is 5.76 Å². The van der Waals surface area contributed by atoms with Crippen molar-refractivity contribution in [3.05, 3.63) is 41.0 Å². The Bertz CT molecular complexity index is 561. The lowest BCUT2D eigenvalue weighted by Crippen LogP contribution is -2.30. The van der Waals surface area contributed by atoms with E-state index in [4.69, 9.17) is 0 Å². The molecule has 0 radical (unpaired) electrons. The van der Waals surface area contributed by atoms with Gasteiger partial charge in [-0.2, -0.15) is 0 Å². The number of aliphatic hydroxyl groups excluding tert-OH is 1. The summed E-state index contributed by atoms with van der Waals surface area (Å²) >= 11 is 0. The zero-order valence-electron chi connectivity index (χ0n) is 11.6. The molecule has 1 aliphatic rings. The van der Waals surface area contributed by atoms with Crippen LogP contribution in [0.1, 0.15) is 42.1 Å². The van der Waals surface area contributed by atoms with Gasteiger partial charge in [-0.05, 0) is 13.0 Å². The Hall–Kier alpha value is -1.94. The Morgan fingerprint density at radius 3 is 2.45 bits per heavy atom. The Labute approximate surface area is 118 Å². The maximum absolute atomic E-state index is 12.0. The second kappa shape index (κ2) is 6.48. The van der Waals surface area contributed by atoms with Crippen LogP contribution in [0.5, 0.6) is 0 Å². The molecule has 0 atom stereocenters. The summed E-state index contributed by atoms with van der Waals surface area (Å²) < 4.78 is 0. The van der Waals surface area contributed by atoms with E-state index in [-0.39, 0.29) is 23.4 Å². The minimum Gasteiger partial charge on any atom is -0.507 e. The number of benzene rings is 1. The molecule has 0 aliphatic heterocycles. The van der Waals surface area contributed by atoms with E-state index in [9.17, 15) is 14.7 Å². The first-order valence-electron chi connectivity index (χ1n) is 6.98. The van der Waals surface area contributed by atoms with Crippen LogP contribution in [0.15, 0.2) is 29.8 Å². The monoisotopic (exact) mass is 273 g/mol. The molecule has 2 N–H and O–H groups in total. The fourth-order valence-electron chi connectivity index (χ4n) is 2.29. The molecule has 4 nitrogen and oxygen atoms in total. The number of carbonyl (C=O) groups excluding carboxylic acids is 2. The molecule has 0 fully saturated rings. The van der Waals surface area contributed by atoms with Crippen LogP contribution in [0.3, 0.4) is 0 Å². The zero-order valence-corrected chi connectivity index (χ0v) is 11.6. The molecular formula is C16H19NO3. The minimum atomic E-state index is -0.607. The van der Waals surface area contributed by atoms with Crippen LogP contribution in [0.2, 0.25) is 0 Å². The van der Waals surface area contributed by atoms with Crippen molar-refractivity contribution < 1.29 is 14.7 Å². The quantitative estimate of drug-likeness (QED) is 0.617. The van der Waals surface area contributed by atoms with Gasteiger partial charge >= 0.3 is 0 Å². The Morgan fingerprint density at radius 1 is 1.05 bits per heavy atom. The number of fused-ring (bicyclic) bond motifs is 1. The number of hydrogen-bond donors (Lipinski definition) is 2. The van der Waals surface area contributed by atoms with Gasteiger partial charge < -0.3 is 10.4 Å². The SMILES string of the molecule is CCCCCNCC1=C(O)c2ccccc2C(=O)C1=O. The second-order valence-corrected chi connectivity index (χ2v) is 4.91. The van der Waals surface area contributed by atoms with E-state index < -0.39 is 11.6 Å². The topological polar surface area (TPSA) is 66.4 Å². The fraction of sp³-hybridized carbons (Fsp3) is 0.375. The third-order valence-electron chi connectivity index (χ3n) is 3.45. The molecular weight excluding hydrogens is 254 g/mol. The van der Waals surface area contributed by atoms with E-state index in [1.165, 1.54) is 0 Å². The van der Waals surface area contributed by atoms with Gasteiger partial charge in [-0.3, -0.25) is 9.59 Å². The maximum Gasteiger partial charge on any atom is 0.234 e. The predicted molar refractivity (Wildman–Crippen MR) is 77.7 cm³/mol. The molecule has 0 unspecified atom stereocenters. The summed E-state index contributed by atoms with van der Waals surface area (Å²) in [7, 11) is 0. The van der Waals surface area contributed by atoms with E-state index in [0.717, 1.165) is 25.8 Å². The summed E-state index contributed by atoms with van der Waals surface area (Å²) in [5, 5.41) is 13.3. The summed E-state index contributed by atoms with van der Waals surface area (Å²) in [4.78, 5) is 24.0. The molecule has 1 aromatic carbocycles. The van der Waals surface area contributed by atoms with Gasteiger partial charge in [-0.15, -0.1) is 0 Å². The van der Waals surface area contributed by atoms with E-state index in [1.807, 2.05) is 0 Å². The fourth-order valence-corrected chi connectivity index (χ4v) is 2.29. The third kappa shape index (κ3) is 2.80. The van der Waals surface area contributed by atoms with Crippen LogP contribution in [-0.4, -0.2) is 29.8 Å². The van der Waals surface area contributed by atoms with Crippen molar-refractivity contribution in [1.29, 1.82) is 0 Å². The largest absolute Gasteiger partial charge is 0.507 e. The number of aliphatic hydroxyl groups is 1. The number of nitrogens with one attached hydrogen (secondary N) is 1. The number of carbonyl (C=O) groups is 2. The molecule has 1 aliphatic carbocycles. The van der Waals surface area contributed by atoms with Crippen molar-refractivity contribution >= 4 is 17.3 Å². The van der Waals surface area contributed by atoms with Crippen molar-refractivity contribution in [2.45, 2.75) is 26.2 Å². The molecule has 0 bridgehead atoms. The van der Waals surface area contributed by atoms with E-state index in [0.29, 0.717) is 5.56 Å². The number of unbranched alkanes of at least 4 members (excludes halogenated alkanes) is 2. The molecule has 0 amide bonds. The molecule has 0 aromatic heterocycles. The highest BCUT2D eigenvalue weighted by molar-refractivity contribution is 6.52. The molecule has 106 valence electrons. The molecule has 0 saturated heterocycles. The zero-order chi connectivity index (χ0) is 14.5. The highest BCUT2D eigenvalue weighted by atomic mass is 16.3. The van der Waals surface area contributed by atoms with E-state index in [2.05, 4.69) is 12.2 Å². The average Bonchev–Trinajstić information content (AvgIpc) is 2.48. The van der Waals surface area contributed by atoms with Crippen molar-refractivity contribution in [3.63, 3.8) is 0 Å². The van der Waals surface area contributed by atoms with Crippen molar-refractivity contribution in [2.75, 3.05) is 13.1 Å². The molecule has 0 spiro atoms. The molecule has 2 rings (SSSR count). The van der Waals surface area contributed by atoms with Gasteiger partial charge in [-0.1, -0.05) is 44.0 Å². The number of ketones is 2. The smallest absolute Gasteiger partial charge is 0.234 e. The lowest BCUT2D eigenvalue weighted by atomic mass is 9.88. The Morgan fingerprint density at radius 2 is 1.75 bits per heavy atom. The van der Waals surface area contributed by atoms with Crippen LogP contribution in [0, 0.1) is 0 Å². The van der Waals surface area contributed by atoms with Gasteiger partial charge in [0.2, 0.25) is 11.6 Å². The molecule has 20 heavy (non-hydrogen) atoms. The summed E-state index contributed by atoms with van der Waals surface area (Å²) in [5.74, 6) is -1.22. The predicted octanol–water partition coefficient (Wildman–Crippen LogP) is 2.50. The summed E-state index contributed by atoms with van der Waals surface area (Å²) in [6.07, 6.45) is 3.26. The third-order valence-corrected chi connectivity index (χ3v) is 3.45. The minimum absolute atomic E-state index is 0.0757. The number of hydrogen-bond acceptors (Lipinski definition) is 4. The van der Waals surface area contributed by atoms with Crippen molar-refractivity contribution in [3.8, 4) is 0 Å². The highest BCUT2D eigenvalue weighted by Crippen LogP contribution is 2.27. The molecule has 1 aromatic rings. The van der Waals surface area contributed by atoms with Gasteiger partial charge in [0, 0.05) is 17.7 Å². The first kappa shape index (κ1) is 14.5. The van der Waals surface area contributed by atoms with Crippen LogP contribution >= 0.6 is 0 Å². The summed E-state index contributed by atoms with van der Waals surface area (Å²) in [6, 6.07) is 6.65. The number of Topliss-reactive ketones (excluding diaryl/α,β-unsaturated/α-hetero) is 2.